The van der Waals surface area contributed by atoms with Crippen molar-refractivity contribution in [3.63, 3.8) is 0 Å². The summed E-state index contributed by atoms with van der Waals surface area (Å²) in [6.07, 6.45) is 7.68. The molecule has 1 amide bonds. The highest BCUT2D eigenvalue weighted by atomic mass is 16.5. The SMILES string of the molecule is CN[C@@](C)(CO[C@H]1[C@H](n2nnc(NC(C)=O)n2)CC23COC[C@@]1(C)[C@@H]2CC[C@H]1C3=CC[C@@]2(C)[C@H](C(=O)O)[C@@](C)([C@H](C)C(C)C)CC[C@]12C)C(C)C. The fraction of sp³-hybridized carbons (Fsp3) is 0.875. The fourth-order valence-electron chi connectivity index (χ4n) is 12.5. The lowest BCUT2D eigenvalue weighted by molar-refractivity contribution is -0.254. The van der Waals surface area contributed by atoms with E-state index in [-0.39, 0.29) is 62.5 Å². The van der Waals surface area contributed by atoms with Gasteiger partial charge in [0.2, 0.25) is 5.91 Å². The van der Waals surface area contributed by atoms with E-state index in [0.717, 1.165) is 38.5 Å². The number of nitrogens with zero attached hydrogens (tertiary/aromatic N) is 4. The largest absolute Gasteiger partial charge is 0.481 e. The summed E-state index contributed by atoms with van der Waals surface area (Å²) >= 11 is 0. The minimum Gasteiger partial charge on any atom is -0.481 e. The second-order valence-corrected chi connectivity index (χ2v) is 19.3. The van der Waals surface area contributed by atoms with Gasteiger partial charge in [-0.05, 0) is 104 Å². The third-order valence-electron chi connectivity index (χ3n) is 16.5. The van der Waals surface area contributed by atoms with Gasteiger partial charge in [0.1, 0.15) is 6.04 Å². The molecule has 0 radical (unpaired) electrons. The smallest absolute Gasteiger partial charge is 0.307 e. The molecule has 2 bridgehead atoms. The molecule has 3 saturated carbocycles. The van der Waals surface area contributed by atoms with Crippen LogP contribution in [0.5, 0.6) is 0 Å². The second-order valence-electron chi connectivity index (χ2n) is 19.3. The first-order valence-electron chi connectivity index (χ1n) is 19.6. The van der Waals surface area contributed by atoms with E-state index in [1.165, 1.54) is 12.5 Å². The number of hydrogen-bond acceptors (Lipinski definition) is 8. The number of carboxylic acids is 1. The summed E-state index contributed by atoms with van der Waals surface area (Å²) < 4.78 is 13.8. The van der Waals surface area contributed by atoms with Gasteiger partial charge in [0.05, 0.1) is 31.8 Å². The first-order valence-corrected chi connectivity index (χ1v) is 19.6. The molecule has 12 atom stereocenters. The molecule has 4 fully saturated rings. The maximum Gasteiger partial charge on any atom is 0.307 e. The average Bonchev–Trinajstić information content (AvgIpc) is 3.51. The molecule has 1 aromatic heterocycles. The number of tetrazole rings is 1. The first kappa shape index (κ1) is 38.4. The Kier molecular flexibility index (Phi) is 9.70. The molecule has 1 aliphatic heterocycles. The topological polar surface area (TPSA) is 140 Å². The van der Waals surface area contributed by atoms with Crippen LogP contribution in [0.15, 0.2) is 11.6 Å². The molecule has 11 heteroatoms. The molecule has 3 N–H and O–H groups in total. The predicted molar refractivity (Wildman–Crippen MR) is 197 cm³/mol. The van der Waals surface area contributed by atoms with Gasteiger partial charge in [0.25, 0.3) is 5.95 Å². The quantitative estimate of drug-likeness (QED) is 0.224. The van der Waals surface area contributed by atoms with Crippen molar-refractivity contribution < 1.29 is 24.2 Å². The lowest BCUT2D eigenvalue weighted by Gasteiger charge is -2.71. The maximum atomic E-state index is 13.5. The van der Waals surface area contributed by atoms with Gasteiger partial charge in [-0.1, -0.05) is 79.1 Å². The van der Waals surface area contributed by atoms with Crippen LogP contribution in [-0.2, 0) is 19.1 Å². The van der Waals surface area contributed by atoms with Gasteiger partial charge >= 0.3 is 5.97 Å². The number of nitrogens with one attached hydrogen (secondary N) is 2. The Morgan fingerprint density at radius 1 is 1.10 bits per heavy atom. The van der Waals surface area contributed by atoms with Crippen molar-refractivity contribution in [3.8, 4) is 0 Å². The monoisotopic (exact) mass is 711 g/mol. The number of carbonyl (C=O) groups is 2. The highest BCUT2D eigenvalue weighted by Crippen LogP contribution is 2.75. The van der Waals surface area contributed by atoms with Gasteiger partial charge in [-0.3, -0.25) is 14.9 Å². The fourth-order valence-corrected chi connectivity index (χ4v) is 12.5. The number of rotatable bonds is 10. The Hall–Kier alpha value is -2.37. The third kappa shape index (κ3) is 5.55. The van der Waals surface area contributed by atoms with Crippen LogP contribution in [0.3, 0.4) is 0 Å². The highest BCUT2D eigenvalue weighted by molar-refractivity contribution is 5.86. The van der Waals surface area contributed by atoms with Crippen LogP contribution in [0.4, 0.5) is 5.95 Å². The molecule has 6 rings (SSSR count). The van der Waals surface area contributed by atoms with Gasteiger partial charge in [-0.2, -0.15) is 4.80 Å². The molecule has 0 spiro atoms. The normalized spacial score (nSPS) is 42.2. The summed E-state index contributed by atoms with van der Waals surface area (Å²) in [6.45, 7) is 25.9. The number of hydrogen-bond donors (Lipinski definition) is 3. The minimum atomic E-state index is -0.643. The van der Waals surface area contributed by atoms with E-state index in [4.69, 9.17) is 14.6 Å². The number of allylic oxidation sites excluding steroid dienone is 1. The Labute approximate surface area is 305 Å². The second kappa shape index (κ2) is 12.9. The molecule has 51 heavy (non-hydrogen) atoms. The minimum absolute atomic E-state index is 0.178. The van der Waals surface area contributed by atoms with Crippen LogP contribution in [0.1, 0.15) is 121 Å². The summed E-state index contributed by atoms with van der Waals surface area (Å²) in [5.41, 5.74) is -0.255. The molecule has 0 aromatic carbocycles. The van der Waals surface area contributed by atoms with E-state index in [0.29, 0.717) is 43.5 Å². The summed E-state index contributed by atoms with van der Waals surface area (Å²) in [5.74, 6) is 0.477. The van der Waals surface area contributed by atoms with Crippen molar-refractivity contribution in [3.05, 3.63) is 11.6 Å². The summed E-state index contributed by atoms with van der Waals surface area (Å²) in [5, 5.41) is 30.8. The van der Waals surface area contributed by atoms with Crippen LogP contribution in [0, 0.1) is 62.6 Å². The number of carboxylic acid groups (broad SMARTS) is 1. The summed E-state index contributed by atoms with van der Waals surface area (Å²) in [6, 6.07) is -0.243. The highest BCUT2D eigenvalue weighted by Gasteiger charge is 2.72. The Bertz CT molecular complexity index is 1540. The van der Waals surface area contributed by atoms with E-state index in [1.807, 2.05) is 7.05 Å². The number of aliphatic carboxylic acids is 1. The standard InChI is InChI=1S/C40H66N6O5/c1-23(2)25(5)35(7)17-18-37(9)27-13-14-30-36(8)20-50-22-40(30,28(27)15-16-38(37,10)31(35)33(48)49)19-29(46-44-34(43-45-46)42-26(6)47)32(36)51-21-39(11,41-12)24(3)4/h15,23-25,27,29-32,41H,13-14,16-22H2,1-12H3,(H,48,49)(H,42,44,47)/t25-,27+,29-,30+,31-,32+,35-,36+,37-,38+,39+,40?/m1/s1. The Morgan fingerprint density at radius 2 is 1.80 bits per heavy atom. The molecule has 1 aromatic rings. The van der Waals surface area contributed by atoms with Gasteiger partial charge in [-0.25, -0.2) is 0 Å². The molecule has 5 aliphatic rings. The maximum absolute atomic E-state index is 13.5. The van der Waals surface area contributed by atoms with Gasteiger partial charge in [0, 0.05) is 23.3 Å². The summed E-state index contributed by atoms with van der Waals surface area (Å²) in [4.78, 5) is 27.1. The first-order chi connectivity index (χ1) is 23.7. The lowest BCUT2D eigenvalue weighted by atomic mass is 9.34. The number of aromatic nitrogens is 4. The van der Waals surface area contributed by atoms with Crippen LogP contribution in [-0.4, -0.2) is 75.7 Å². The molecule has 11 nitrogen and oxygen atoms in total. The number of anilines is 1. The van der Waals surface area contributed by atoms with Crippen molar-refractivity contribution in [1.29, 1.82) is 0 Å². The zero-order chi connectivity index (χ0) is 37.5. The number of amides is 1. The Morgan fingerprint density at radius 3 is 2.41 bits per heavy atom. The van der Waals surface area contributed by atoms with Crippen LogP contribution < -0.4 is 10.6 Å². The number of likely N-dealkylation sites (N-methyl/N-ethyl adjacent to an activating group) is 1. The average molecular weight is 711 g/mol. The molecular weight excluding hydrogens is 644 g/mol. The van der Waals surface area contributed by atoms with E-state index < -0.39 is 11.9 Å². The molecular formula is C40H66N6O5. The van der Waals surface area contributed by atoms with E-state index in [2.05, 4.69) is 96.3 Å². The van der Waals surface area contributed by atoms with Crippen molar-refractivity contribution in [2.45, 2.75) is 132 Å². The number of carbonyl (C=O) groups excluding carboxylic acids is 1. The Balaban J connectivity index is 1.45. The third-order valence-corrected chi connectivity index (χ3v) is 16.5. The lowest BCUT2D eigenvalue weighted by Crippen LogP contribution is -2.69. The van der Waals surface area contributed by atoms with Crippen molar-refractivity contribution in [2.24, 2.45) is 62.6 Å². The van der Waals surface area contributed by atoms with E-state index in [1.54, 1.807) is 4.80 Å². The van der Waals surface area contributed by atoms with Crippen LogP contribution in [0.25, 0.3) is 0 Å². The predicted octanol–water partition coefficient (Wildman–Crippen LogP) is 6.78. The molecule has 2 heterocycles. The van der Waals surface area contributed by atoms with Crippen molar-refractivity contribution in [1.82, 2.24) is 25.5 Å². The van der Waals surface area contributed by atoms with Crippen LogP contribution >= 0.6 is 0 Å². The molecule has 1 saturated heterocycles. The van der Waals surface area contributed by atoms with Gasteiger partial charge in [0.15, 0.2) is 0 Å². The summed E-state index contributed by atoms with van der Waals surface area (Å²) in [7, 11) is 1.99. The zero-order valence-electron chi connectivity index (χ0n) is 33.4. The van der Waals surface area contributed by atoms with E-state index in [9.17, 15) is 14.7 Å². The van der Waals surface area contributed by atoms with E-state index >= 15 is 0 Å². The number of ether oxygens (including phenoxy) is 2. The molecule has 1 unspecified atom stereocenters. The van der Waals surface area contributed by atoms with Crippen molar-refractivity contribution >= 4 is 17.8 Å². The van der Waals surface area contributed by atoms with Crippen LogP contribution in [0.2, 0.25) is 0 Å². The zero-order valence-corrected chi connectivity index (χ0v) is 33.4. The van der Waals surface area contributed by atoms with Gasteiger partial charge < -0.3 is 19.9 Å². The van der Waals surface area contributed by atoms with Crippen molar-refractivity contribution in [2.75, 3.05) is 32.2 Å². The molecule has 4 aliphatic carbocycles. The molecule has 286 valence electrons. The van der Waals surface area contributed by atoms with Gasteiger partial charge in [-0.15, -0.1) is 5.10 Å². The number of fused-ring (bicyclic) bond motifs is 3.